The lowest BCUT2D eigenvalue weighted by Gasteiger charge is -2.52. The van der Waals surface area contributed by atoms with Crippen molar-refractivity contribution in [2.75, 3.05) is 4.90 Å². The van der Waals surface area contributed by atoms with Crippen LogP contribution in [0.25, 0.3) is 0 Å². The van der Waals surface area contributed by atoms with E-state index in [9.17, 15) is 9.59 Å². The summed E-state index contributed by atoms with van der Waals surface area (Å²) in [5.41, 5.74) is 4.50. The number of halogens is 2. The number of nitrogens with zero attached hydrogens (tertiary/aromatic N) is 1. The fraction of sp³-hybridized carbons (Fsp3) is 0.200. The molecule has 3 aromatic carbocycles. The van der Waals surface area contributed by atoms with E-state index in [1.807, 2.05) is 24.3 Å². The zero-order valence-electron chi connectivity index (χ0n) is 16.1. The number of imide groups is 1. The molecular formula is C25H17Cl2NO2. The van der Waals surface area contributed by atoms with E-state index < -0.39 is 17.3 Å². The van der Waals surface area contributed by atoms with Gasteiger partial charge < -0.3 is 0 Å². The van der Waals surface area contributed by atoms with Gasteiger partial charge in [-0.1, -0.05) is 78.7 Å². The first-order chi connectivity index (χ1) is 14.4. The Bertz CT molecular complexity index is 1220. The molecule has 30 heavy (non-hydrogen) atoms. The molecule has 0 radical (unpaired) electrons. The molecule has 1 fully saturated rings. The summed E-state index contributed by atoms with van der Waals surface area (Å²) in [4.78, 5) is 28.8. The third-order valence-electron chi connectivity index (χ3n) is 7.20. The highest BCUT2D eigenvalue weighted by Gasteiger charge is 2.66. The molecule has 2 atom stereocenters. The van der Waals surface area contributed by atoms with Gasteiger partial charge in [0.2, 0.25) is 11.8 Å². The summed E-state index contributed by atoms with van der Waals surface area (Å²) < 4.78 is 0. The summed E-state index contributed by atoms with van der Waals surface area (Å²) >= 11 is 12.3. The van der Waals surface area contributed by atoms with Crippen LogP contribution in [-0.2, 0) is 15.0 Å². The molecular weight excluding hydrogens is 417 g/mol. The Labute approximate surface area is 184 Å². The van der Waals surface area contributed by atoms with Gasteiger partial charge in [0.25, 0.3) is 0 Å². The topological polar surface area (TPSA) is 37.4 Å². The molecule has 3 aliphatic carbocycles. The lowest BCUT2D eigenvalue weighted by Crippen LogP contribution is -2.51. The highest BCUT2D eigenvalue weighted by atomic mass is 35.5. The minimum Gasteiger partial charge on any atom is -0.274 e. The largest absolute Gasteiger partial charge is 0.274 e. The highest BCUT2D eigenvalue weighted by molar-refractivity contribution is 6.42. The minimum atomic E-state index is -0.565. The van der Waals surface area contributed by atoms with Gasteiger partial charge in [0.05, 0.1) is 27.6 Å². The lowest BCUT2D eigenvalue weighted by molar-refractivity contribution is -0.123. The molecule has 2 amide bonds. The molecule has 0 N–H and O–H groups in total. The summed E-state index contributed by atoms with van der Waals surface area (Å²) in [5, 5.41) is 0.717. The van der Waals surface area contributed by atoms with Gasteiger partial charge in [0, 0.05) is 11.3 Å². The van der Waals surface area contributed by atoms with Crippen molar-refractivity contribution in [3.63, 3.8) is 0 Å². The molecule has 3 nitrogen and oxygen atoms in total. The van der Waals surface area contributed by atoms with Crippen LogP contribution in [0, 0.1) is 11.8 Å². The second-order valence-electron chi connectivity index (χ2n) is 8.47. The van der Waals surface area contributed by atoms with Crippen molar-refractivity contribution in [2.45, 2.75) is 18.3 Å². The van der Waals surface area contributed by atoms with Gasteiger partial charge in [-0.25, -0.2) is 4.90 Å². The van der Waals surface area contributed by atoms with Crippen LogP contribution < -0.4 is 4.90 Å². The predicted octanol–water partition coefficient (Wildman–Crippen LogP) is 5.56. The van der Waals surface area contributed by atoms with E-state index >= 15 is 0 Å². The maximum Gasteiger partial charge on any atom is 0.238 e. The number of rotatable bonds is 1. The quantitative estimate of drug-likeness (QED) is 0.470. The number of benzene rings is 3. The summed E-state index contributed by atoms with van der Waals surface area (Å²) in [7, 11) is 0. The van der Waals surface area contributed by atoms with Crippen molar-refractivity contribution < 1.29 is 9.59 Å². The van der Waals surface area contributed by atoms with Crippen molar-refractivity contribution in [1.82, 2.24) is 0 Å². The number of hydrogen-bond acceptors (Lipinski definition) is 2. The molecule has 1 aliphatic heterocycles. The molecule has 3 aromatic rings. The standard InChI is InChI=1S/C25H17Cl2NO2/c1-25-16-8-4-2-6-14(16)20(15-7-3-5-9-17(15)25)21-22(25)24(30)28(23(21)29)13-10-11-18(26)19(27)12-13/h2-12,20-22H,1H3/t20?,21-,22+,25?/m0/s1. The van der Waals surface area contributed by atoms with Gasteiger partial charge in [-0.3, -0.25) is 9.59 Å². The molecule has 0 aromatic heterocycles. The molecule has 7 rings (SSSR count). The van der Waals surface area contributed by atoms with E-state index in [4.69, 9.17) is 23.2 Å². The second kappa shape index (κ2) is 5.96. The summed E-state index contributed by atoms with van der Waals surface area (Å²) in [5.74, 6) is -1.34. The second-order valence-corrected chi connectivity index (χ2v) is 9.28. The normalized spacial score (nSPS) is 28.4. The van der Waals surface area contributed by atoms with E-state index in [1.165, 1.54) is 4.90 Å². The third-order valence-corrected chi connectivity index (χ3v) is 7.94. The first-order valence-corrected chi connectivity index (χ1v) is 10.7. The van der Waals surface area contributed by atoms with Crippen molar-refractivity contribution >= 4 is 40.7 Å². The molecule has 2 bridgehead atoms. The zero-order valence-corrected chi connectivity index (χ0v) is 17.6. The smallest absolute Gasteiger partial charge is 0.238 e. The maximum absolute atomic E-state index is 13.8. The molecule has 1 saturated heterocycles. The van der Waals surface area contributed by atoms with Crippen molar-refractivity contribution in [3.05, 3.63) is 99.0 Å². The number of hydrogen-bond donors (Lipinski definition) is 0. The molecule has 5 heteroatoms. The number of carbonyl (C=O) groups is 2. The van der Waals surface area contributed by atoms with Gasteiger partial charge in [-0.15, -0.1) is 0 Å². The predicted molar refractivity (Wildman–Crippen MR) is 117 cm³/mol. The SMILES string of the molecule is CC12c3ccccc3C(c3ccccc31)[C@@H]1C(=O)N(c3ccc(Cl)c(Cl)c3)C(=O)[C@@H]12. The zero-order chi connectivity index (χ0) is 20.8. The Morgan fingerprint density at radius 1 is 0.800 bits per heavy atom. The highest BCUT2D eigenvalue weighted by Crippen LogP contribution is 2.64. The first kappa shape index (κ1) is 18.2. The van der Waals surface area contributed by atoms with Gasteiger partial charge in [0.15, 0.2) is 0 Å². The van der Waals surface area contributed by atoms with Gasteiger partial charge >= 0.3 is 0 Å². The fourth-order valence-electron chi connectivity index (χ4n) is 6.03. The average Bonchev–Trinajstić information content (AvgIpc) is 3.02. The Hall–Kier alpha value is -2.62. The monoisotopic (exact) mass is 433 g/mol. The molecule has 4 aliphatic rings. The van der Waals surface area contributed by atoms with Gasteiger partial charge in [-0.2, -0.15) is 0 Å². The Morgan fingerprint density at radius 3 is 2.00 bits per heavy atom. The van der Waals surface area contributed by atoms with E-state index in [1.54, 1.807) is 18.2 Å². The number of anilines is 1. The summed E-state index contributed by atoms with van der Waals surface area (Å²) in [6.45, 7) is 2.11. The van der Waals surface area contributed by atoms with Crippen molar-refractivity contribution in [3.8, 4) is 0 Å². The van der Waals surface area contributed by atoms with Crippen LogP contribution in [0.5, 0.6) is 0 Å². The summed E-state index contributed by atoms with van der Waals surface area (Å²) in [6, 6.07) is 21.4. The average molecular weight is 434 g/mol. The maximum atomic E-state index is 13.8. The van der Waals surface area contributed by atoms with Crippen LogP contribution in [0.15, 0.2) is 66.7 Å². The first-order valence-electron chi connectivity index (χ1n) is 9.96. The lowest BCUT2D eigenvalue weighted by atomic mass is 9.48. The van der Waals surface area contributed by atoms with Crippen LogP contribution >= 0.6 is 23.2 Å². The van der Waals surface area contributed by atoms with Crippen LogP contribution in [0.1, 0.15) is 35.1 Å². The Balaban J connectivity index is 1.60. The van der Waals surface area contributed by atoms with Crippen molar-refractivity contribution in [2.24, 2.45) is 11.8 Å². The molecule has 1 heterocycles. The summed E-state index contributed by atoms with van der Waals surface area (Å²) in [6.07, 6.45) is 0. The van der Waals surface area contributed by atoms with Crippen LogP contribution in [0.3, 0.4) is 0 Å². The molecule has 0 spiro atoms. The Kier molecular flexibility index (Phi) is 3.61. The third kappa shape index (κ3) is 2.02. The van der Waals surface area contributed by atoms with E-state index in [0.29, 0.717) is 15.7 Å². The molecule has 148 valence electrons. The van der Waals surface area contributed by atoms with E-state index in [0.717, 1.165) is 22.3 Å². The molecule has 0 unspecified atom stereocenters. The fourth-order valence-corrected chi connectivity index (χ4v) is 6.32. The van der Waals surface area contributed by atoms with Crippen LogP contribution in [0.4, 0.5) is 5.69 Å². The number of amides is 2. The van der Waals surface area contributed by atoms with Crippen molar-refractivity contribution in [1.29, 1.82) is 0 Å². The van der Waals surface area contributed by atoms with Gasteiger partial charge in [0.1, 0.15) is 0 Å². The molecule has 0 saturated carbocycles. The van der Waals surface area contributed by atoms with Crippen LogP contribution in [0.2, 0.25) is 10.0 Å². The Morgan fingerprint density at radius 2 is 1.40 bits per heavy atom. The van der Waals surface area contributed by atoms with Gasteiger partial charge in [-0.05, 0) is 40.5 Å². The van der Waals surface area contributed by atoms with Crippen LogP contribution in [-0.4, -0.2) is 11.8 Å². The van der Waals surface area contributed by atoms with E-state index in [2.05, 4.69) is 31.2 Å². The minimum absolute atomic E-state index is 0.131. The van der Waals surface area contributed by atoms with E-state index in [-0.39, 0.29) is 17.7 Å². The number of carbonyl (C=O) groups excluding carboxylic acids is 2.